The second-order valence-electron chi connectivity index (χ2n) is 7.13. The maximum Gasteiger partial charge on any atom is 0.418 e. The van der Waals surface area contributed by atoms with Crippen molar-refractivity contribution in [1.82, 2.24) is 34.7 Å². The van der Waals surface area contributed by atoms with Crippen molar-refractivity contribution in [2.24, 2.45) is 0 Å². The average molecular weight is 547 g/mol. The first kappa shape index (κ1) is 23.8. The molecule has 0 radical (unpaired) electrons. The Morgan fingerprint density at radius 3 is 2.21 bits per heavy atom. The van der Waals surface area contributed by atoms with Crippen LogP contribution in [0.3, 0.4) is 0 Å². The van der Waals surface area contributed by atoms with Gasteiger partial charge in [0.15, 0.2) is 5.82 Å². The summed E-state index contributed by atoms with van der Waals surface area (Å²) in [4.78, 5) is 21.4. The zero-order valence-corrected chi connectivity index (χ0v) is 18.9. The van der Waals surface area contributed by atoms with E-state index in [1.807, 2.05) is 0 Å². The van der Waals surface area contributed by atoms with Gasteiger partial charge in [-0.3, -0.25) is 0 Å². The van der Waals surface area contributed by atoms with Crippen LogP contribution in [-0.4, -0.2) is 41.7 Å². The Kier molecular flexibility index (Phi) is 5.91. The normalized spacial score (nSPS) is 13.3. The molecule has 0 amide bonds. The van der Waals surface area contributed by atoms with Gasteiger partial charge in [-0.2, -0.15) is 36.1 Å². The predicted molar refractivity (Wildman–Crippen MR) is 111 cm³/mol. The van der Waals surface area contributed by atoms with Gasteiger partial charge in [0, 0.05) is 24.8 Å². The van der Waals surface area contributed by atoms with Gasteiger partial charge in [-0.1, -0.05) is 0 Å². The highest BCUT2D eigenvalue weighted by molar-refractivity contribution is 9.10. The van der Waals surface area contributed by atoms with Gasteiger partial charge in [0.25, 0.3) is 5.95 Å². The van der Waals surface area contributed by atoms with Gasteiger partial charge >= 0.3 is 12.4 Å². The molecule has 4 aromatic rings. The van der Waals surface area contributed by atoms with Crippen molar-refractivity contribution in [3.05, 3.63) is 58.6 Å². The first-order valence-corrected chi connectivity index (χ1v) is 10.2. The first-order valence-electron chi connectivity index (χ1n) is 9.41. The second-order valence-corrected chi connectivity index (χ2v) is 8.05. The number of alkyl halides is 6. The molecule has 34 heavy (non-hydrogen) atoms. The number of benzene rings is 1. The molecule has 8 nitrogen and oxygen atoms in total. The van der Waals surface area contributed by atoms with E-state index < -0.39 is 40.4 Å². The average Bonchev–Trinajstić information content (AvgIpc) is 3.26. The Balaban J connectivity index is 1.85. The lowest BCUT2D eigenvalue weighted by molar-refractivity contribution is -0.142. The molecule has 0 unspecified atom stereocenters. The molecule has 0 aliphatic rings. The highest BCUT2D eigenvalue weighted by atomic mass is 79.9. The summed E-state index contributed by atoms with van der Waals surface area (Å²) < 4.78 is 82.9. The van der Waals surface area contributed by atoms with Gasteiger partial charge in [0.2, 0.25) is 0 Å². The maximum absolute atomic E-state index is 13.6. The molecule has 4 rings (SSSR count). The summed E-state index contributed by atoms with van der Waals surface area (Å²) >= 11 is 3.22. The van der Waals surface area contributed by atoms with Crippen LogP contribution >= 0.6 is 15.9 Å². The number of hydrogen-bond donors (Lipinski definition) is 0. The summed E-state index contributed by atoms with van der Waals surface area (Å²) in [5.74, 6) is 0.294. The summed E-state index contributed by atoms with van der Waals surface area (Å²) in [5.41, 5.74) is -3.62. The van der Waals surface area contributed by atoms with Crippen LogP contribution in [0.1, 0.15) is 29.9 Å². The van der Waals surface area contributed by atoms with E-state index in [0.717, 1.165) is 6.33 Å². The molecule has 0 saturated carbocycles. The number of fused-ring (bicyclic) bond motifs is 1. The van der Waals surface area contributed by atoms with Crippen LogP contribution in [0, 0.1) is 0 Å². The topological polar surface area (TPSA) is 85.5 Å². The fourth-order valence-electron chi connectivity index (χ4n) is 3.28. The largest absolute Gasteiger partial charge is 0.418 e. The van der Waals surface area contributed by atoms with Crippen molar-refractivity contribution in [3.63, 3.8) is 0 Å². The van der Waals surface area contributed by atoms with Gasteiger partial charge in [0.1, 0.15) is 18.5 Å². The van der Waals surface area contributed by atoms with Crippen molar-refractivity contribution in [1.29, 1.82) is 0 Å². The molecule has 0 bridgehead atoms. The zero-order valence-electron chi connectivity index (χ0n) is 17.3. The lowest BCUT2D eigenvalue weighted by Crippen LogP contribution is -2.26. The van der Waals surface area contributed by atoms with E-state index in [2.05, 4.69) is 45.9 Å². The van der Waals surface area contributed by atoms with E-state index in [1.54, 1.807) is 6.92 Å². The lowest BCUT2D eigenvalue weighted by Gasteiger charge is -2.27. The van der Waals surface area contributed by atoms with Crippen molar-refractivity contribution in [2.45, 2.75) is 25.3 Å². The predicted octanol–water partition coefficient (Wildman–Crippen LogP) is 5.00. The number of aromatic nitrogens is 7. The minimum Gasteiger partial charge on any atom is -0.349 e. The summed E-state index contributed by atoms with van der Waals surface area (Å²) in [6.45, 7) is 1.63. The summed E-state index contributed by atoms with van der Waals surface area (Å²) in [6, 6.07) is -0.0628. The SMILES string of the molecule is C[C@@H](c1ncnn1-c1ncc(Br)cn1)N(C)c1ncnc2c(C(F)(F)F)cc(C(F)(F)F)cc12. The third kappa shape index (κ3) is 4.38. The molecule has 0 saturated heterocycles. The van der Waals surface area contributed by atoms with Gasteiger partial charge in [-0.05, 0) is 35.0 Å². The van der Waals surface area contributed by atoms with Gasteiger partial charge in [0.05, 0.1) is 27.2 Å². The van der Waals surface area contributed by atoms with E-state index in [0.29, 0.717) is 10.5 Å². The van der Waals surface area contributed by atoms with Gasteiger partial charge < -0.3 is 4.90 Å². The van der Waals surface area contributed by atoms with Crippen molar-refractivity contribution >= 4 is 32.7 Å². The van der Waals surface area contributed by atoms with E-state index in [4.69, 9.17) is 0 Å². The third-order valence-electron chi connectivity index (χ3n) is 5.01. The highest BCUT2D eigenvalue weighted by Crippen LogP contribution is 2.41. The van der Waals surface area contributed by atoms with Crippen LogP contribution in [0.2, 0.25) is 0 Å². The minimum atomic E-state index is -5.06. The smallest absolute Gasteiger partial charge is 0.349 e. The van der Waals surface area contributed by atoms with Crippen LogP contribution < -0.4 is 4.90 Å². The second kappa shape index (κ2) is 8.45. The standard InChI is InChI=1S/C19H13BrF6N8/c1-9(15-31-8-32-34(15)17-27-5-11(20)6-28-17)33(2)16-12-3-10(18(21,22)23)4-13(19(24,25)26)14(12)29-7-30-16/h3-9H,1-2H3/t9-/m0/s1. The summed E-state index contributed by atoms with van der Waals surface area (Å²) in [6.07, 6.45) is -5.01. The van der Waals surface area contributed by atoms with Gasteiger partial charge in [-0.15, -0.1) is 0 Å². The summed E-state index contributed by atoms with van der Waals surface area (Å²) in [7, 11) is 1.46. The number of nitrogens with zero attached hydrogens (tertiary/aromatic N) is 8. The molecule has 0 fully saturated rings. The Hall–Kier alpha value is -3.36. The highest BCUT2D eigenvalue weighted by Gasteiger charge is 2.39. The molecule has 0 aliphatic carbocycles. The van der Waals surface area contributed by atoms with E-state index in [1.165, 1.54) is 35.4 Å². The molecule has 1 aromatic carbocycles. The third-order valence-corrected chi connectivity index (χ3v) is 5.42. The number of rotatable bonds is 4. The van der Waals surface area contributed by atoms with E-state index >= 15 is 0 Å². The van der Waals surface area contributed by atoms with Crippen molar-refractivity contribution < 1.29 is 26.3 Å². The number of halogens is 7. The quantitative estimate of drug-likeness (QED) is 0.333. The fraction of sp³-hybridized carbons (Fsp3) is 0.263. The molecule has 3 aromatic heterocycles. The molecule has 0 N–H and O–H groups in total. The molecule has 0 aliphatic heterocycles. The number of anilines is 1. The molecule has 1 atom stereocenters. The minimum absolute atomic E-state index is 0.0457. The number of hydrogen-bond acceptors (Lipinski definition) is 7. The Morgan fingerprint density at radius 2 is 1.59 bits per heavy atom. The molecule has 15 heteroatoms. The molecule has 3 heterocycles. The Labute approximate surface area is 195 Å². The van der Waals surface area contributed by atoms with Crippen molar-refractivity contribution in [2.75, 3.05) is 11.9 Å². The molecule has 178 valence electrons. The Bertz CT molecular complexity index is 1340. The summed E-state index contributed by atoms with van der Waals surface area (Å²) in [5, 5.41) is 3.66. The van der Waals surface area contributed by atoms with Gasteiger partial charge in [-0.25, -0.2) is 24.9 Å². The van der Waals surface area contributed by atoms with Crippen molar-refractivity contribution in [3.8, 4) is 5.95 Å². The molecular weight excluding hydrogens is 534 g/mol. The lowest BCUT2D eigenvalue weighted by atomic mass is 10.0. The van der Waals surface area contributed by atoms with E-state index in [-0.39, 0.29) is 23.7 Å². The Morgan fingerprint density at radius 1 is 0.912 bits per heavy atom. The fourth-order valence-corrected chi connectivity index (χ4v) is 3.48. The zero-order chi connectivity index (χ0) is 24.8. The van der Waals surface area contributed by atoms with Crippen LogP contribution in [0.15, 0.2) is 41.7 Å². The first-order chi connectivity index (χ1) is 15.9. The maximum atomic E-state index is 13.6. The molecule has 0 spiro atoms. The van der Waals surface area contributed by atoms with Crippen LogP contribution in [0.4, 0.5) is 32.2 Å². The van der Waals surface area contributed by atoms with E-state index in [9.17, 15) is 26.3 Å². The van der Waals surface area contributed by atoms with Crippen LogP contribution in [0.25, 0.3) is 16.9 Å². The molecular formula is C19H13BrF6N8. The van der Waals surface area contributed by atoms with Crippen LogP contribution in [0.5, 0.6) is 0 Å². The monoisotopic (exact) mass is 546 g/mol. The van der Waals surface area contributed by atoms with Crippen LogP contribution in [-0.2, 0) is 12.4 Å².